The van der Waals surface area contributed by atoms with E-state index in [1.807, 2.05) is 19.1 Å². The van der Waals surface area contributed by atoms with Crippen molar-refractivity contribution in [2.75, 3.05) is 44.7 Å². The van der Waals surface area contributed by atoms with Crippen LogP contribution >= 0.6 is 0 Å². The molecule has 0 unspecified atom stereocenters. The molecule has 148 valence electrons. The number of aryl methyl sites for hydroxylation is 1. The standard InChI is InChI=1S/C21H25FN4O2/c1-16-5-7-17(8-6-16)20(27)25-21(24-19-4-2-3-18(22)15-19)23-9-10-26-11-13-28-14-12-26/h2-8,15H,9-14H2,1H3,(H2,23,24,25,27). The number of carbonyl (C=O) groups is 1. The van der Waals surface area contributed by atoms with Gasteiger partial charge < -0.3 is 10.1 Å². The van der Waals surface area contributed by atoms with E-state index in [9.17, 15) is 9.18 Å². The number of guanidine groups is 1. The van der Waals surface area contributed by atoms with E-state index in [4.69, 9.17) is 4.74 Å². The van der Waals surface area contributed by atoms with Gasteiger partial charge in [0.2, 0.25) is 5.96 Å². The maximum Gasteiger partial charge on any atom is 0.257 e. The average molecular weight is 384 g/mol. The topological polar surface area (TPSA) is 66.0 Å². The molecule has 3 rings (SSSR count). The third-order valence-electron chi connectivity index (χ3n) is 4.42. The van der Waals surface area contributed by atoms with Gasteiger partial charge in [-0.3, -0.25) is 20.0 Å². The van der Waals surface area contributed by atoms with Crippen LogP contribution in [0.15, 0.2) is 53.5 Å². The highest BCUT2D eigenvalue weighted by molar-refractivity contribution is 6.09. The number of anilines is 1. The monoisotopic (exact) mass is 384 g/mol. The van der Waals surface area contributed by atoms with Gasteiger partial charge in [0, 0.05) is 30.9 Å². The van der Waals surface area contributed by atoms with Crippen molar-refractivity contribution in [3.8, 4) is 0 Å². The fourth-order valence-corrected chi connectivity index (χ4v) is 2.83. The lowest BCUT2D eigenvalue weighted by Gasteiger charge is -2.25. The number of carbonyl (C=O) groups excluding carboxylic acids is 1. The molecule has 7 heteroatoms. The van der Waals surface area contributed by atoms with Crippen molar-refractivity contribution in [3.63, 3.8) is 0 Å². The second kappa shape index (κ2) is 9.96. The van der Waals surface area contributed by atoms with Gasteiger partial charge in [-0.05, 0) is 37.3 Å². The molecule has 6 nitrogen and oxygen atoms in total. The molecule has 1 aliphatic rings. The maximum atomic E-state index is 13.5. The molecule has 1 amide bonds. The number of hydrogen-bond acceptors (Lipinski definition) is 4. The average Bonchev–Trinajstić information content (AvgIpc) is 2.69. The van der Waals surface area contributed by atoms with Crippen LogP contribution in [-0.4, -0.2) is 56.2 Å². The van der Waals surface area contributed by atoms with Crippen LogP contribution < -0.4 is 10.6 Å². The summed E-state index contributed by atoms with van der Waals surface area (Å²) in [6.07, 6.45) is 0. The van der Waals surface area contributed by atoms with E-state index < -0.39 is 0 Å². The lowest BCUT2D eigenvalue weighted by atomic mass is 10.1. The fraction of sp³-hybridized carbons (Fsp3) is 0.333. The van der Waals surface area contributed by atoms with Gasteiger partial charge in [0.1, 0.15) is 5.82 Å². The number of morpholine rings is 1. The first-order chi connectivity index (χ1) is 13.6. The molecule has 0 spiro atoms. The summed E-state index contributed by atoms with van der Waals surface area (Å²) < 4.78 is 18.8. The Morgan fingerprint density at radius 2 is 1.93 bits per heavy atom. The summed E-state index contributed by atoms with van der Waals surface area (Å²) >= 11 is 0. The van der Waals surface area contributed by atoms with Crippen LogP contribution in [0.3, 0.4) is 0 Å². The summed E-state index contributed by atoms with van der Waals surface area (Å²) in [5, 5.41) is 5.80. The predicted molar refractivity (Wildman–Crippen MR) is 108 cm³/mol. The Labute approximate surface area is 164 Å². The number of rotatable bonds is 5. The van der Waals surface area contributed by atoms with Crippen LogP contribution in [0, 0.1) is 12.7 Å². The van der Waals surface area contributed by atoms with Gasteiger partial charge >= 0.3 is 0 Å². The van der Waals surface area contributed by atoms with Crippen molar-refractivity contribution in [2.45, 2.75) is 6.92 Å². The summed E-state index contributed by atoms with van der Waals surface area (Å²) in [6.45, 7) is 6.43. The number of nitrogens with one attached hydrogen (secondary N) is 2. The van der Waals surface area contributed by atoms with E-state index in [0.29, 0.717) is 23.8 Å². The molecule has 28 heavy (non-hydrogen) atoms. The third kappa shape index (κ3) is 6.14. The molecule has 0 aliphatic carbocycles. The smallest absolute Gasteiger partial charge is 0.257 e. The predicted octanol–water partition coefficient (Wildman–Crippen LogP) is 2.66. The number of hydrogen-bond donors (Lipinski definition) is 2. The van der Waals surface area contributed by atoms with Crippen molar-refractivity contribution in [2.24, 2.45) is 4.99 Å². The minimum absolute atomic E-state index is 0.269. The Hall–Kier alpha value is -2.77. The minimum Gasteiger partial charge on any atom is -0.379 e. The largest absolute Gasteiger partial charge is 0.379 e. The van der Waals surface area contributed by atoms with Gasteiger partial charge in [0.25, 0.3) is 5.91 Å². The van der Waals surface area contributed by atoms with Crippen LogP contribution in [-0.2, 0) is 4.74 Å². The minimum atomic E-state index is -0.359. The number of ether oxygens (including phenoxy) is 1. The second-order valence-corrected chi connectivity index (χ2v) is 6.64. The molecule has 2 aromatic carbocycles. The molecule has 2 N–H and O–H groups in total. The molecule has 1 saturated heterocycles. The number of nitrogens with zero attached hydrogens (tertiary/aromatic N) is 2. The van der Waals surface area contributed by atoms with Gasteiger partial charge in [-0.2, -0.15) is 0 Å². The van der Waals surface area contributed by atoms with Crippen LogP contribution in [0.25, 0.3) is 0 Å². The van der Waals surface area contributed by atoms with Crippen molar-refractivity contribution in [3.05, 3.63) is 65.5 Å². The molecular formula is C21H25FN4O2. The first kappa shape index (κ1) is 20.0. The fourth-order valence-electron chi connectivity index (χ4n) is 2.83. The molecule has 1 heterocycles. The van der Waals surface area contributed by atoms with Crippen LogP contribution in [0.1, 0.15) is 15.9 Å². The molecule has 1 fully saturated rings. The number of halogens is 1. The van der Waals surface area contributed by atoms with Crippen LogP contribution in [0.2, 0.25) is 0 Å². The Morgan fingerprint density at radius 1 is 1.18 bits per heavy atom. The van der Waals surface area contributed by atoms with Crippen LogP contribution in [0.4, 0.5) is 10.1 Å². The molecule has 0 saturated carbocycles. The van der Waals surface area contributed by atoms with E-state index in [2.05, 4.69) is 20.5 Å². The van der Waals surface area contributed by atoms with E-state index >= 15 is 0 Å². The van der Waals surface area contributed by atoms with Crippen molar-refractivity contribution in [1.29, 1.82) is 0 Å². The van der Waals surface area contributed by atoms with E-state index in [-0.39, 0.29) is 11.7 Å². The van der Waals surface area contributed by atoms with Gasteiger partial charge in [-0.1, -0.05) is 23.8 Å². The zero-order valence-corrected chi connectivity index (χ0v) is 16.0. The maximum absolute atomic E-state index is 13.5. The number of benzene rings is 2. The van der Waals surface area contributed by atoms with Crippen molar-refractivity contribution in [1.82, 2.24) is 10.2 Å². The van der Waals surface area contributed by atoms with E-state index in [1.54, 1.807) is 24.3 Å². The van der Waals surface area contributed by atoms with Crippen molar-refractivity contribution >= 4 is 17.6 Å². The highest BCUT2D eigenvalue weighted by Crippen LogP contribution is 2.09. The SMILES string of the molecule is Cc1ccc(C(=O)NC(=NCCN2CCOCC2)Nc2cccc(F)c2)cc1. The molecule has 2 aromatic rings. The molecule has 1 aliphatic heterocycles. The molecule has 0 aromatic heterocycles. The lowest BCUT2D eigenvalue weighted by Crippen LogP contribution is -2.39. The number of aliphatic imine (C=N–C) groups is 1. The van der Waals surface area contributed by atoms with E-state index in [0.717, 1.165) is 38.4 Å². The Bertz CT molecular complexity index is 817. The summed E-state index contributed by atoms with van der Waals surface area (Å²) in [6, 6.07) is 13.3. The zero-order chi connectivity index (χ0) is 19.8. The summed E-state index contributed by atoms with van der Waals surface area (Å²) in [5.41, 5.74) is 2.13. The van der Waals surface area contributed by atoms with Crippen molar-refractivity contribution < 1.29 is 13.9 Å². The summed E-state index contributed by atoms with van der Waals surface area (Å²) in [7, 11) is 0. The quantitative estimate of drug-likeness (QED) is 0.615. The Morgan fingerprint density at radius 3 is 2.64 bits per heavy atom. The third-order valence-corrected chi connectivity index (χ3v) is 4.42. The molecular weight excluding hydrogens is 359 g/mol. The molecule has 0 atom stereocenters. The first-order valence-corrected chi connectivity index (χ1v) is 9.35. The lowest BCUT2D eigenvalue weighted by molar-refractivity contribution is 0.0394. The van der Waals surface area contributed by atoms with Gasteiger partial charge in [-0.25, -0.2) is 4.39 Å². The zero-order valence-electron chi connectivity index (χ0n) is 16.0. The van der Waals surface area contributed by atoms with Gasteiger partial charge in [-0.15, -0.1) is 0 Å². The molecule has 0 bridgehead atoms. The Kier molecular flexibility index (Phi) is 7.11. The summed E-state index contributed by atoms with van der Waals surface area (Å²) in [4.78, 5) is 19.3. The summed E-state index contributed by atoms with van der Waals surface area (Å²) in [5.74, 6) is -0.332. The van der Waals surface area contributed by atoms with Gasteiger partial charge in [0.05, 0.1) is 19.8 Å². The molecule has 0 radical (unpaired) electrons. The van der Waals surface area contributed by atoms with Gasteiger partial charge in [0.15, 0.2) is 0 Å². The first-order valence-electron chi connectivity index (χ1n) is 9.35. The van der Waals surface area contributed by atoms with E-state index in [1.165, 1.54) is 12.1 Å². The Balaban J connectivity index is 1.68. The number of amides is 1. The second-order valence-electron chi connectivity index (χ2n) is 6.64. The van der Waals surface area contributed by atoms with Crippen LogP contribution in [0.5, 0.6) is 0 Å². The normalized spacial score (nSPS) is 15.3. The highest BCUT2D eigenvalue weighted by atomic mass is 19.1. The highest BCUT2D eigenvalue weighted by Gasteiger charge is 2.12.